The molecule has 1 atom stereocenters. The number of halogens is 2. The lowest BCUT2D eigenvalue weighted by Crippen LogP contribution is -2.40. The van der Waals surface area contributed by atoms with Crippen molar-refractivity contribution < 1.29 is 19.2 Å². The van der Waals surface area contributed by atoms with Gasteiger partial charge in [-0.2, -0.15) is 0 Å². The third kappa shape index (κ3) is 6.71. The predicted molar refractivity (Wildman–Crippen MR) is 192 cm³/mol. The lowest BCUT2D eigenvalue weighted by molar-refractivity contribution is -0.384. The number of thiazole rings is 1. The number of carbonyl (C=O) groups excluding carboxylic acids is 1. The molecule has 1 aliphatic rings. The van der Waals surface area contributed by atoms with Crippen LogP contribution in [0.25, 0.3) is 17.5 Å². The van der Waals surface area contributed by atoms with Crippen molar-refractivity contribution in [2.75, 3.05) is 13.7 Å². The van der Waals surface area contributed by atoms with Crippen LogP contribution >= 0.6 is 46.3 Å². The highest BCUT2D eigenvalue weighted by Gasteiger charge is 2.35. The van der Waals surface area contributed by atoms with Crippen molar-refractivity contribution in [1.82, 2.24) is 19.3 Å². The van der Waals surface area contributed by atoms with Crippen LogP contribution in [0.3, 0.4) is 0 Å². The summed E-state index contributed by atoms with van der Waals surface area (Å²) in [5.41, 5.74) is 1.54. The Morgan fingerprint density at radius 1 is 1.10 bits per heavy atom. The summed E-state index contributed by atoms with van der Waals surface area (Å²) in [6.45, 7) is 5.96. The number of ether oxygens (including phenoxy) is 2. The van der Waals surface area contributed by atoms with Gasteiger partial charge in [0.2, 0.25) is 0 Å². The number of non-ortho nitro benzene ring substituents is 1. The summed E-state index contributed by atoms with van der Waals surface area (Å²) >= 11 is 15.0. The minimum atomic E-state index is -0.979. The van der Waals surface area contributed by atoms with Gasteiger partial charge < -0.3 is 14.0 Å². The van der Waals surface area contributed by atoms with E-state index in [1.165, 1.54) is 35.6 Å². The molecule has 50 heavy (non-hydrogen) atoms. The SMILES string of the molecule is CCOC(=O)C1=C(C)N=c2s/c(=C\c3cc([N+](=O)[O-])ccc3Sc3nnc(-c4cccc(Cl)c4)n3CC)c(=O)n2[C@H]1c1cc(Cl)ccc1OC. The summed E-state index contributed by atoms with van der Waals surface area (Å²) < 4.78 is 14.6. The van der Waals surface area contributed by atoms with E-state index in [4.69, 9.17) is 32.7 Å². The summed E-state index contributed by atoms with van der Waals surface area (Å²) in [5.74, 6) is 0.378. The first kappa shape index (κ1) is 35.1. The fourth-order valence-electron chi connectivity index (χ4n) is 5.59. The maximum Gasteiger partial charge on any atom is 0.338 e. The molecule has 0 saturated heterocycles. The third-order valence-corrected chi connectivity index (χ3v) is 10.3. The lowest BCUT2D eigenvalue weighted by atomic mass is 9.95. The molecule has 12 nitrogen and oxygen atoms in total. The van der Waals surface area contributed by atoms with Crippen molar-refractivity contribution >= 4 is 64.0 Å². The first-order valence-corrected chi connectivity index (χ1v) is 17.6. The molecule has 3 aromatic carbocycles. The Labute approximate surface area is 303 Å². The number of nitro groups is 1. The predicted octanol–water partition coefficient (Wildman–Crippen LogP) is 6.45. The van der Waals surface area contributed by atoms with Crippen LogP contribution in [0.2, 0.25) is 10.0 Å². The van der Waals surface area contributed by atoms with E-state index in [2.05, 4.69) is 15.2 Å². The smallest absolute Gasteiger partial charge is 0.338 e. The van der Waals surface area contributed by atoms with Gasteiger partial charge in [-0.1, -0.05) is 46.7 Å². The van der Waals surface area contributed by atoms with E-state index in [1.807, 2.05) is 23.6 Å². The molecule has 2 aromatic heterocycles. The molecule has 0 saturated carbocycles. The number of carbonyl (C=O) groups is 1. The standard InChI is InChI=1S/C34H28Cl2N6O6S2/c1-5-40-30(19-8-7-9-21(35)14-19)38-39-34(40)49-26-13-11-23(42(45)46)15-20(26)16-27-31(43)41-29(24-17-22(36)10-12-25(24)47-4)28(32(44)48-6-2)18(3)37-33(41)50-27/h7-17,29H,5-6H2,1-4H3/b27-16-/t29-/m0/s1. The van der Waals surface area contributed by atoms with Gasteiger partial charge in [-0.15, -0.1) is 10.2 Å². The Morgan fingerprint density at radius 3 is 2.58 bits per heavy atom. The van der Waals surface area contributed by atoms with Crippen molar-refractivity contribution in [2.24, 2.45) is 4.99 Å². The molecular weight excluding hydrogens is 723 g/mol. The largest absolute Gasteiger partial charge is 0.496 e. The van der Waals surface area contributed by atoms with Crippen molar-refractivity contribution in [1.29, 1.82) is 0 Å². The van der Waals surface area contributed by atoms with Crippen molar-refractivity contribution in [3.05, 3.63) is 123 Å². The minimum Gasteiger partial charge on any atom is -0.496 e. The fraction of sp³-hybridized carbons (Fsp3) is 0.206. The Morgan fingerprint density at radius 2 is 1.88 bits per heavy atom. The Bertz CT molecular complexity index is 2390. The topological polar surface area (TPSA) is 144 Å². The fourth-order valence-corrected chi connectivity index (χ4v) is 7.97. The maximum atomic E-state index is 14.4. The first-order chi connectivity index (χ1) is 24.0. The quantitative estimate of drug-likeness (QED) is 0.0894. The highest BCUT2D eigenvalue weighted by atomic mass is 35.5. The molecule has 5 aromatic rings. The molecular formula is C34H28Cl2N6O6S2. The van der Waals surface area contributed by atoms with Crippen LogP contribution in [0.5, 0.6) is 5.75 Å². The second-order valence-corrected chi connectivity index (χ2v) is 13.7. The van der Waals surface area contributed by atoms with Crippen molar-refractivity contribution in [3.63, 3.8) is 0 Å². The molecule has 0 N–H and O–H groups in total. The number of aromatic nitrogens is 4. The molecule has 6 rings (SSSR count). The van der Waals surface area contributed by atoms with Crippen LogP contribution in [-0.4, -0.2) is 43.9 Å². The summed E-state index contributed by atoms with van der Waals surface area (Å²) in [5, 5.41) is 22.1. The van der Waals surface area contributed by atoms with E-state index >= 15 is 0 Å². The van der Waals surface area contributed by atoms with Crippen LogP contribution < -0.4 is 19.6 Å². The van der Waals surface area contributed by atoms with Crippen LogP contribution in [0.4, 0.5) is 5.69 Å². The number of methoxy groups -OCH3 is 1. The van der Waals surface area contributed by atoms with E-state index in [0.29, 0.717) is 59.8 Å². The molecule has 1 aliphatic heterocycles. The number of allylic oxidation sites excluding steroid dienone is 1. The monoisotopic (exact) mass is 750 g/mol. The van der Waals surface area contributed by atoms with Crippen LogP contribution in [0.1, 0.15) is 37.9 Å². The number of esters is 1. The van der Waals surface area contributed by atoms with Gasteiger partial charge in [-0.05, 0) is 80.6 Å². The van der Waals surface area contributed by atoms with Gasteiger partial charge >= 0.3 is 5.97 Å². The Hall–Kier alpha value is -4.76. The number of fused-ring (bicyclic) bond motifs is 1. The Kier molecular flexibility index (Phi) is 10.3. The number of rotatable bonds is 10. The normalized spacial score (nSPS) is 14.4. The zero-order valence-corrected chi connectivity index (χ0v) is 30.2. The summed E-state index contributed by atoms with van der Waals surface area (Å²) in [4.78, 5) is 44.6. The average molecular weight is 752 g/mol. The van der Waals surface area contributed by atoms with Gasteiger partial charge in [0.05, 0.1) is 34.4 Å². The molecule has 0 aliphatic carbocycles. The summed E-state index contributed by atoms with van der Waals surface area (Å²) in [6.07, 6.45) is 1.58. The molecule has 3 heterocycles. The van der Waals surface area contributed by atoms with E-state index in [1.54, 1.807) is 56.3 Å². The molecule has 0 unspecified atom stereocenters. The average Bonchev–Trinajstić information content (AvgIpc) is 3.64. The minimum absolute atomic E-state index is 0.110. The van der Waals surface area contributed by atoms with Gasteiger partial charge in [-0.25, -0.2) is 9.79 Å². The number of benzene rings is 3. The molecule has 0 fully saturated rings. The molecule has 0 spiro atoms. The van der Waals surface area contributed by atoms with Gasteiger partial charge in [0, 0.05) is 44.7 Å². The number of nitro benzene ring substituents is 1. The van der Waals surface area contributed by atoms with Crippen LogP contribution in [0.15, 0.2) is 91.8 Å². The van der Waals surface area contributed by atoms with Gasteiger partial charge in [0.1, 0.15) is 11.8 Å². The summed E-state index contributed by atoms with van der Waals surface area (Å²) in [6, 6.07) is 15.6. The number of nitrogens with zero attached hydrogens (tertiary/aromatic N) is 6. The van der Waals surface area contributed by atoms with E-state index in [0.717, 1.165) is 16.9 Å². The van der Waals surface area contributed by atoms with Crippen LogP contribution in [0, 0.1) is 10.1 Å². The maximum absolute atomic E-state index is 14.4. The molecule has 16 heteroatoms. The van der Waals surface area contributed by atoms with Crippen LogP contribution in [-0.2, 0) is 16.1 Å². The van der Waals surface area contributed by atoms with E-state index < -0.39 is 22.5 Å². The van der Waals surface area contributed by atoms with Crippen molar-refractivity contribution in [2.45, 2.75) is 43.4 Å². The Balaban J connectivity index is 1.52. The lowest BCUT2D eigenvalue weighted by Gasteiger charge is -2.26. The highest BCUT2D eigenvalue weighted by molar-refractivity contribution is 7.99. The van der Waals surface area contributed by atoms with Gasteiger partial charge in [-0.3, -0.25) is 19.5 Å². The van der Waals surface area contributed by atoms with Crippen molar-refractivity contribution in [3.8, 4) is 17.1 Å². The van der Waals surface area contributed by atoms with Gasteiger partial charge in [0.25, 0.3) is 11.2 Å². The second-order valence-electron chi connectivity index (χ2n) is 10.8. The number of hydrogen-bond donors (Lipinski definition) is 0. The first-order valence-electron chi connectivity index (χ1n) is 15.2. The van der Waals surface area contributed by atoms with E-state index in [-0.39, 0.29) is 22.4 Å². The number of hydrogen-bond acceptors (Lipinski definition) is 11. The molecule has 0 amide bonds. The highest BCUT2D eigenvalue weighted by Crippen LogP contribution is 2.38. The molecule has 0 radical (unpaired) electrons. The van der Waals surface area contributed by atoms with E-state index in [9.17, 15) is 19.7 Å². The van der Waals surface area contributed by atoms with Gasteiger partial charge in [0.15, 0.2) is 15.8 Å². The third-order valence-electron chi connectivity index (χ3n) is 7.81. The molecule has 256 valence electrons. The zero-order valence-electron chi connectivity index (χ0n) is 27.0. The summed E-state index contributed by atoms with van der Waals surface area (Å²) in [7, 11) is 1.48. The second kappa shape index (κ2) is 14.6. The molecule has 0 bridgehead atoms. The zero-order chi connectivity index (χ0) is 35.7.